The quantitative estimate of drug-likeness (QED) is 0.346. The summed E-state index contributed by atoms with van der Waals surface area (Å²) in [5.41, 5.74) is 11.7. The Morgan fingerprint density at radius 3 is 2.50 bits per heavy atom. The number of nitrogens with two attached hydrogens (primary N) is 2. The first-order valence-corrected chi connectivity index (χ1v) is 11.8. The fraction of sp³-hybridized carbons (Fsp3) is 0.611. The van der Waals surface area contributed by atoms with Crippen molar-refractivity contribution in [3.05, 3.63) is 17.6 Å². The van der Waals surface area contributed by atoms with Gasteiger partial charge < -0.3 is 44.8 Å². The summed E-state index contributed by atoms with van der Waals surface area (Å²) >= 11 is 0. The van der Waals surface area contributed by atoms with Crippen molar-refractivity contribution >= 4 is 30.4 Å². The lowest BCUT2D eigenvalue weighted by atomic mass is 10.1. The number of aryl methyl sites for hydroxylation is 1. The van der Waals surface area contributed by atoms with Gasteiger partial charge in [0.25, 0.3) is 5.91 Å². The van der Waals surface area contributed by atoms with E-state index in [1.807, 2.05) is 0 Å². The molecular weight excluding hydrogens is 445 g/mol. The number of rotatable bonds is 10. The van der Waals surface area contributed by atoms with Gasteiger partial charge in [-0.1, -0.05) is 0 Å². The molecule has 1 saturated heterocycles. The van der Waals surface area contributed by atoms with Gasteiger partial charge in [-0.2, -0.15) is 0 Å². The lowest BCUT2D eigenvalue weighted by molar-refractivity contribution is -0.0616. The Hall–Kier alpha value is -2.12. The van der Waals surface area contributed by atoms with Gasteiger partial charge in [-0.3, -0.25) is 9.36 Å². The summed E-state index contributed by atoms with van der Waals surface area (Å²) in [5.74, 6) is -0.375. The maximum Gasteiger partial charge on any atom is 0.356 e. The van der Waals surface area contributed by atoms with E-state index < -0.39 is 38.0 Å². The highest BCUT2D eigenvalue weighted by Gasteiger charge is 2.45. The van der Waals surface area contributed by atoms with Crippen molar-refractivity contribution in [2.24, 2.45) is 5.73 Å². The highest BCUT2D eigenvalue weighted by atomic mass is 31.2. The minimum absolute atomic E-state index is 0.0515. The van der Waals surface area contributed by atoms with E-state index in [1.54, 1.807) is 20.8 Å². The molecule has 3 heterocycles. The van der Waals surface area contributed by atoms with E-state index in [0.29, 0.717) is 5.82 Å². The van der Waals surface area contributed by atoms with Crippen LogP contribution in [-0.4, -0.2) is 75.1 Å². The molecule has 14 heteroatoms. The minimum atomic E-state index is -3.45. The molecule has 2 aromatic rings. The summed E-state index contributed by atoms with van der Waals surface area (Å²) in [6.45, 7) is 5.13. The molecule has 4 atom stereocenters. The molecule has 178 valence electrons. The Morgan fingerprint density at radius 2 is 1.91 bits per heavy atom. The van der Waals surface area contributed by atoms with Crippen molar-refractivity contribution in [1.29, 1.82) is 0 Å². The number of ether oxygens (including phenoxy) is 2. The van der Waals surface area contributed by atoms with Gasteiger partial charge in [0, 0.05) is 6.20 Å². The van der Waals surface area contributed by atoms with E-state index in [0.717, 1.165) is 0 Å². The molecule has 13 nitrogen and oxygen atoms in total. The summed E-state index contributed by atoms with van der Waals surface area (Å²) in [6.07, 6.45) is -3.81. The van der Waals surface area contributed by atoms with Gasteiger partial charge in [-0.25, -0.2) is 9.97 Å². The molecule has 0 aromatic carbocycles. The molecule has 2 aromatic heterocycles. The number of aliphatic hydroxyl groups is 2. The van der Waals surface area contributed by atoms with E-state index in [1.165, 1.54) is 10.8 Å². The molecular formula is C18H28N5O8P. The Kier molecular flexibility index (Phi) is 7.50. The zero-order chi connectivity index (χ0) is 23.6. The van der Waals surface area contributed by atoms with Crippen molar-refractivity contribution < 1.29 is 38.1 Å². The van der Waals surface area contributed by atoms with Crippen molar-refractivity contribution in [1.82, 2.24) is 14.5 Å². The highest BCUT2D eigenvalue weighted by molar-refractivity contribution is 7.53. The number of carbonyl (C=O) groups excluding carboxylic acids is 1. The topological polar surface area (TPSA) is 194 Å². The molecule has 1 amide bonds. The number of nitrogen functional groups attached to an aromatic ring is 1. The third-order valence-corrected chi connectivity index (χ3v) is 6.67. The summed E-state index contributed by atoms with van der Waals surface area (Å²) in [4.78, 5) is 20.3. The van der Waals surface area contributed by atoms with Gasteiger partial charge in [0.05, 0.1) is 30.8 Å². The molecule has 0 unspecified atom stereocenters. The zero-order valence-corrected chi connectivity index (χ0v) is 18.9. The number of primary amides is 1. The van der Waals surface area contributed by atoms with Gasteiger partial charge in [0.15, 0.2) is 6.23 Å². The first-order valence-electron chi connectivity index (χ1n) is 10.0. The Morgan fingerprint density at radius 1 is 1.25 bits per heavy atom. The van der Waals surface area contributed by atoms with E-state index in [2.05, 4.69) is 9.97 Å². The number of amides is 1. The van der Waals surface area contributed by atoms with Crippen molar-refractivity contribution in [2.45, 2.75) is 45.3 Å². The molecule has 6 N–H and O–H groups in total. The highest BCUT2D eigenvalue weighted by Crippen LogP contribution is 2.48. The average Bonchev–Trinajstić information content (AvgIpc) is 3.21. The molecule has 0 saturated carbocycles. The first-order chi connectivity index (χ1) is 15.1. The maximum atomic E-state index is 12.5. The molecule has 3 rings (SSSR count). The van der Waals surface area contributed by atoms with Crippen LogP contribution >= 0.6 is 7.60 Å². The summed E-state index contributed by atoms with van der Waals surface area (Å²) in [5, 5.41) is 21.3. The Bertz CT molecular complexity index is 1020. The van der Waals surface area contributed by atoms with Crippen LogP contribution in [0, 0.1) is 6.92 Å². The first kappa shape index (κ1) is 24.5. The van der Waals surface area contributed by atoms with E-state index in [9.17, 15) is 19.6 Å². The second-order valence-electron chi connectivity index (χ2n) is 7.16. The van der Waals surface area contributed by atoms with Crippen LogP contribution in [0.25, 0.3) is 11.0 Å². The number of nitrogens with zero attached hydrogens (tertiary/aromatic N) is 3. The van der Waals surface area contributed by atoms with Crippen molar-refractivity contribution in [2.75, 3.05) is 31.9 Å². The number of carbonyl (C=O) groups is 1. The predicted octanol–water partition coefficient (Wildman–Crippen LogP) is 0.280. The van der Waals surface area contributed by atoms with Gasteiger partial charge in [-0.05, 0) is 20.8 Å². The number of fused-ring (bicyclic) bond motifs is 1. The number of anilines is 1. The lowest BCUT2D eigenvalue weighted by Gasteiger charge is -2.19. The van der Waals surface area contributed by atoms with Crippen molar-refractivity contribution in [3.8, 4) is 0 Å². The van der Waals surface area contributed by atoms with E-state index >= 15 is 0 Å². The van der Waals surface area contributed by atoms with Crippen LogP contribution < -0.4 is 11.5 Å². The summed E-state index contributed by atoms with van der Waals surface area (Å²) in [7, 11) is -3.45. The molecule has 0 aliphatic carbocycles. The molecule has 1 fully saturated rings. The third kappa shape index (κ3) is 4.79. The van der Waals surface area contributed by atoms with Gasteiger partial charge >= 0.3 is 7.60 Å². The standard InChI is InChI=1S/C18H28N5O8P/c1-4-29-32(27,30-5-2)8-28-7-11-13(24)14(25)18(31-11)23-6-10(16(20)26)12-15(19)21-9(3)22-17(12)23/h6,11,13-14,18,24-25H,4-5,7-8H2,1-3H3,(H2,20,26)(H2,19,21,22)/t11-,13-,14-,18-/m1/s1. The molecule has 32 heavy (non-hydrogen) atoms. The monoisotopic (exact) mass is 473 g/mol. The summed E-state index contributed by atoms with van der Waals surface area (Å²) in [6, 6.07) is 0. The van der Waals surface area contributed by atoms with Crippen LogP contribution in [-0.2, 0) is 23.1 Å². The fourth-order valence-corrected chi connectivity index (χ4v) is 4.89. The predicted molar refractivity (Wildman–Crippen MR) is 113 cm³/mol. The van der Waals surface area contributed by atoms with E-state index in [4.69, 9.17) is 30.0 Å². The van der Waals surface area contributed by atoms with Gasteiger partial charge in [0.1, 0.15) is 41.9 Å². The third-order valence-electron chi connectivity index (χ3n) is 4.87. The Balaban J connectivity index is 1.82. The average molecular weight is 473 g/mol. The lowest BCUT2D eigenvalue weighted by Crippen LogP contribution is -2.34. The SMILES string of the molecule is CCOP(=O)(COC[C@H]1O[C@@H](n2cc(C(N)=O)c3c(N)nc(C)nc32)[C@H](O)[C@@H]1O)OCC. The van der Waals surface area contributed by atoms with Crippen LogP contribution in [0.4, 0.5) is 5.82 Å². The maximum absolute atomic E-state index is 12.5. The fourth-order valence-electron chi connectivity index (χ4n) is 3.55. The molecule has 1 aliphatic heterocycles. The molecule has 1 aliphatic rings. The molecule has 0 radical (unpaired) electrons. The smallest absolute Gasteiger partial charge is 0.356 e. The second-order valence-corrected chi connectivity index (χ2v) is 9.16. The van der Waals surface area contributed by atoms with Crippen LogP contribution in [0.5, 0.6) is 0 Å². The zero-order valence-electron chi connectivity index (χ0n) is 18.0. The van der Waals surface area contributed by atoms with Gasteiger partial charge in [0.2, 0.25) is 0 Å². The van der Waals surface area contributed by atoms with Crippen molar-refractivity contribution in [3.63, 3.8) is 0 Å². The van der Waals surface area contributed by atoms with Crippen LogP contribution in [0.3, 0.4) is 0 Å². The van der Waals surface area contributed by atoms with Gasteiger partial charge in [-0.15, -0.1) is 0 Å². The second kappa shape index (κ2) is 9.79. The minimum Gasteiger partial charge on any atom is -0.387 e. The molecule has 0 spiro atoms. The number of hydrogen-bond acceptors (Lipinski definition) is 11. The largest absolute Gasteiger partial charge is 0.387 e. The van der Waals surface area contributed by atoms with E-state index in [-0.39, 0.29) is 48.6 Å². The number of aliphatic hydroxyl groups excluding tert-OH is 2. The number of aromatic nitrogens is 3. The number of hydrogen-bond donors (Lipinski definition) is 4. The molecule has 0 bridgehead atoms. The summed E-state index contributed by atoms with van der Waals surface area (Å²) < 4.78 is 35.4. The Labute approximate surface area is 184 Å². The normalized spacial score (nSPS) is 23.8. The van der Waals surface area contributed by atoms with Crippen LogP contribution in [0.1, 0.15) is 36.3 Å². The van der Waals surface area contributed by atoms with Crippen LogP contribution in [0.15, 0.2) is 6.20 Å². The van der Waals surface area contributed by atoms with Crippen LogP contribution in [0.2, 0.25) is 0 Å².